The van der Waals surface area contributed by atoms with E-state index in [0.29, 0.717) is 21.9 Å². The first kappa shape index (κ1) is 12.9. The van der Waals surface area contributed by atoms with E-state index in [1.165, 1.54) is 7.11 Å². The summed E-state index contributed by atoms with van der Waals surface area (Å²) in [7, 11) is 1.31. The number of nitriles is 1. The molecule has 0 saturated heterocycles. The number of esters is 1. The number of carbonyl (C=O) groups is 1. The lowest BCUT2D eigenvalue weighted by Crippen LogP contribution is -2.06. The van der Waals surface area contributed by atoms with Crippen LogP contribution in [0.1, 0.15) is 16.7 Å². The van der Waals surface area contributed by atoms with E-state index in [2.05, 4.69) is 17.4 Å². The van der Waals surface area contributed by atoms with E-state index in [4.69, 9.17) is 16.9 Å². The largest absolute Gasteiger partial charge is 0.469 e. The first-order valence-electron chi connectivity index (χ1n) is 4.50. The Balaban J connectivity index is 3.16. The maximum absolute atomic E-state index is 11.2. The van der Waals surface area contributed by atoms with Gasteiger partial charge in [0, 0.05) is 10.8 Å². The lowest BCUT2D eigenvalue weighted by Gasteiger charge is -2.07. The van der Waals surface area contributed by atoms with Crippen LogP contribution in [-0.2, 0) is 21.8 Å². The van der Waals surface area contributed by atoms with Gasteiger partial charge in [0.05, 0.1) is 25.2 Å². The minimum Gasteiger partial charge on any atom is -0.469 e. The number of ether oxygens (including phenoxy) is 1. The summed E-state index contributed by atoms with van der Waals surface area (Å²) in [5.41, 5.74) is 1.83. The van der Waals surface area contributed by atoms with Gasteiger partial charge in [-0.2, -0.15) is 5.26 Å². The lowest BCUT2D eigenvalue weighted by molar-refractivity contribution is -0.139. The molecule has 0 unspecified atom stereocenters. The van der Waals surface area contributed by atoms with E-state index in [-0.39, 0.29) is 12.4 Å². The van der Waals surface area contributed by atoms with Crippen LogP contribution < -0.4 is 0 Å². The molecule has 0 amide bonds. The zero-order valence-electron chi connectivity index (χ0n) is 8.66. The maximum Gasteiger partial charge on any atom is 0.310 e. The number of carbonyl (C=O) groups excluding carboxylic acids is 1. The summed E-state index contributed by atoms with van der Waals surface area (Å²) in [6.07, 6.45) is 0.0668. The highest BCUT2D eigenvalue weighted by atomic mass is 35.5. The number of methoxy groups -OCH3 is 1. The molecule has 1 aromatic carbocycles. The van der Waals surface area contributed by atoms with Crippen LogP contribution >= 0.6 is 24.2 Å². The standard InChI is InChI=1S/C11H10ClNO2S/c1-15-11(14)4-7-2-8(5-12)10(16)3-9(7)6-13/h2-3,16H,4-5H2,1H3. The second-order valence-corrected chi connectivity index (χ2v) is 3.89. The molecule has 0 saturated carbocycles. The normalized spacial score (nSPS) is 9.62. The van der Waals surface area contributed by atoms with Gasteiger partial charge in [-0.15, -0.1) is 24.2 Å². The summed E-state index contributed by atoms with van der Waals surface area (Å²) in [4.78, 5) is 11.8. The van der Waals surface area contributed by atoms with Crippen molar-refractivity contribution < 1.29 is 9.53 Å². The third-order valence-corrected chi connectivity index (χ3v) is 2.84. The van der Waals surface area contributed by atoms with Crippen molar-refractivity contribution in [2.75, 3.05) is 7.11 Å². The molecule has 0 atom stereocenters. The molecular weight excluding hydrogens is 246 g/mol. The molecule has 16 heavy (non-hydrogen) atoms. The number of benzene rings is 1. The summed E-state index contributed by atoms with van der Waals surface area (Å²) in [6.45, 7) is 0. The summed E-state index contributed by atoms with van der Waals surface area (Å²) < 4.78 is 4.56. The Bertz CT molecular complexity index is 454. The average molecular weight is 256 g/mol. The minimum atomic E-state index is -0.385. The van der Waals surface area contributed by atoms with Crippen molar-refractivity contribution in [1.82, 2.24) is 0 Å². The Morgan fingerprint density at radius 2 is 2.25 bits per heavy atom. The topological polar surface area (TPSA) is 50.1 Å². The highest BCUT2D eigenvalue weighted by molar-refractivity contribution is 7.80. The molecule has 0 spiro atoms. The molecule has 0 aliphatic heterocycles. The summed E-state index contributed by atoms with van der Waals surface area (Å²) in [5.74, 6) is -0.0949. The fourth-order valence-corrected chi connectivity index (χ4v) is 1.86. The molecule has 0 aromatic heterocycles. The molecule has 0 aliphatic rings. The average Bonchev–Trinajstić information content (AvgIpc) is 2.30. The summed E-state index contributed by atoms with van der Waals surface area (Å²) in [5, 5.41) is 8.92. The molecule has 3 nitrogen and oxygen atoms in total. The van der Waals surface area contributed by atoms with Crippen LogP contribution in [0.5, 0.6) is 0 Å². The predicted molar refractivity (Wildman–Crippen MR) is 63.7 cm³/mol. The molecule has 1 rings (SSSR count). The SMILES string of the molecule is COC(=O)Cc1cc(CCl)c(S)cc1C#N. The van der Waals surface area contributed by atoms with Gasteiger partial charge in [0.25, 0.3) is 0 Å². The lowest BCUT2D eigenvalue weighted by atomic mass is 10.0. The summed E-state index contributed by atoms with van der Waals surface area (Å²) >= 11 is 9.93. The van der Waals surface area contributed by atoms with Crippen LogP contribution in [0.25, 0.3) is 0 Å². The number of nitrogens with zero attached hydrogens (tertiary/aromatic N) is 1. The fourth-order valence-electron chi connectivity index (χ4n) is 1.27. The number of thiol groups is 1. The molecule has 84 valence electrons. The van der Waals surface area contributed by atoms with E-state index >= 15 is 0 Å². The number of alkyl halides is 1. The number of hydrogen-bond donors (Lipinski definition) is 1. The second-order valence-electron chi connectivity index (χ2n) is 3.14. The van der Waals surface area contributed by atoms with Crippen LogP contribution in [0.4, 0.5) is 0 Å². The zero-order chi connectivity index (χ0) is 12.1. The van der Waals surface area contributed by atoms with Gasteiger partial charge in [-0.25, -0.2) is 0 Å². The molecule has 0 heterocycles. The third kappa shape index (κ3) is 2.91. The van der Waals surface area contributed by atoms with Crippen molar-refractivity contribution in [3.05, 3.63) is 28.8 Å². The van der Waals surface area contributed by atoms with Gasteiger partial charge in [-0.1, -0.05) is 6.07 Å². The van der Waals surface area contributed by atoms with Gasteiger partial charge in [0.1, 0.15) is 0 Å². The Morgan fingerprint density at radius 1 is 1.56 bits per heavy atom. The van der Waals surface area contributed by atoms with E-state index < -0.39 is 0 Å². The maximum atomic E-state index is 11.2. The quantitative estimate of drug-likeness (QED) is 0.512. The van der Waals surface area contributed by atoms with Crippen LogP contribution in [-0.4, -0.2) is 13.1 Å². The molecular formula is C11H10ClNO2S. The molecule has 5 heteroatoms. The van der Waals surface area contributed by atoms with E-state index in [9.17, 15) is 4.79 Å². The van der Waals surface area contributed by atoms with Gasteiger partial charge in [0.15, 0.2) is 0 Å². The number of rotatable bonds is 3. The van der Waals surface area contributed by atoms with Crippen LogP contribution in [0, 0.1) is 11.3 Å². The third-order valence-electron chi connectivity index (χ3n) is 2.13. The smallest absolute Gasteiger partial charge is 0.310 e. The highest BCUT2D eigenvalue weighted by Crippen LogP contribution is 2.22. The predicted octanol–water partition coefficient (Wildman–Crippen LogP) is 2.30. The van der Waals surface area contributed by atoms with Crippen LogP contribution in [0.15, 0.2) is 17.0 Å². The summed E-state index contributed by atoms with van der Waals surface area (Å²) in [6, 6.07) is 5.34. The fraction of sp³-hybridized carbons (Fsp3) is 0.273. The van der Waals surface area contributed by atoms with Crippen LogP contribution in [0.2, 0.25) is 0 Å². The highest BCUT2D eigenvalue weighted by Gasteiger charge is 2.11. The molecule has 0 N–H and O–H groups in total. The zero-order valence-corrected chi connectivity index (χ0v) is 10.3. The van der Waals surface area contributed by atoms with Crippen LogP contribution in [0.3, 0.4) is 0 Å². The number of hydrogen-bond acceptors (Lipinski definition) is 4. The van der Waals surface area contributed by atoms with Crippen molar-refractivity contribution in [2.45, 2.75) is 17.2 Å². The number of halogens is 1. The van der Waals surface area contributed by atoms with Crippen molar-refractivity contribution >= 4 is 30.2 Å². The van der Waals surface area contributed by atoms with Gasteiger partial charge in [-0.05, 0) is 17.2 Å². The Morgan fingerprint density at radius 3 is 2.75 bits per heavy atom. The van der Waals surface area contributed by atoms with Crippen molar-refractivity contribution in [3.8, 4) is 6.07 Å². The monoisotopic (exact) mass is 255 g/mol. The van der Waals surface area contributed by atoms with E-state index in [0.717, 1.165) is 5.56 Å². The molecule has 0 aliphatic carbocycles. The van der Waals surface area contributed by atoms with Gasteiger partial charge in [-0.3, -0.25) is 4.79 Å². The Kier molecular flexibility index (Phi) is 4.66. The van der Waals surface area contributed by atoms with Crippen molar-refractivity contribution in [1.29, 1.82) is 5.26 Å². The Hall–Kier alpha value is -1.18. The van der Waals surface area contributed by atoms with Gasteiger partial charge >= 0.3 is 5.97 Å². The molecule has 0 radical (unpaired) electrons. The van der Waals surface area contributed by atoms with Gasteiger partial charge < -0.3 is 4.74 Å². The first-order chi connectivity index (χ1) is 7.62. The minimum absolute atomic E-state index is 0.0668. The Labute approximate surface area is 104 Å². The molecule has 1 aromatic rings. The van der Waals surface area contributed by atoms with E-state index in [1.54, 1.807) is 12.1 Å². The van der Waals surface area contributed by atoms with Gasteiger partial charge in [0.2, 0.25) is 0 Å². The van der Waals surface area contributed by atoms with E-state index in [1.807, 2.05) is 6.07 Å². The first-order valence-corrected chi connectivity index (χ1v) is 5.48. The van der Waals surface area contributed by atoms with Crippen molar-refractivity contribution in [2.24, 2.45) is 0 Å². The van der Waals surface area contributed by atoms with Crippen molar-refractivity contribution in [3.63, 3.8) is 0 Å². The second kappa shape index (κ2) is 5.78. The molecule has 0 fully saturated rings. The molecule has 0 bridgehead atoms.